The summed E-state index contributed by atoms with van der Waals surface area (Å²) in [7, 11) is 0. The zero-order chi connectivity index (χ0) is 11.3. The summed E-state index contributed by atoms with van der Waals surface area (Å²) in [6.45, 7) is 6.08. The molecule has 0 amide bonds. The zero-order valence-corrected chi connectivity index (χ0v) is 9.58. The lowest BCUT2D eigenvalue weighted by Crippen LogP contribution is -2.64. The molecule has 2 saturated heterocycles. The lowest BCUT2D eigenvalue weighted by atomic mass is 9.65. The fourth-order valence-electron chi connectivity index (χ4n) is 2.20. The molecule has 2 heterocycles. The van der Waals surface area contributed by atoms with E-state index < -0.39 is 11.2 Å². The third-order valence-corrected chi connectivity index (χ3v) is 3.11. The molecule has 2 N–H and O–H groups in total. The van der Waals surface area contributed by atoms with Gasteiger partial charge in [-0.2, -0.15) is 0 Å². The van der Waals surface area contributed by atoms with Crippen LogP contribution in [-0.4, -0.2) is 29.8 Å². The standard InChI is InChI=1S/C11H19NO3/c1-10(2,3)15-9(13)11-4-7(5-11)8(12)6-14-11/h7-8H,4-6,12H2,1-3H3. The van der Waals surface area contributed by atoms with Crippen LogP contribution in [0.2, 0.25) is 0 Å². The summed E-state index contributed by atoms with van der Waals surface area (Å²) in [6.07, 6.45) is 1.45. The molecular formula is C11H19NO3. The van der Waals surface area contributed by atoms with Crippen LogP contribution in [0.4, 0.5) is 0 Å². The Balaban J connectivity index is 1.98. The Morgan fingerprint density at radius 1 is 1.47 bits per heavy atom. The zero-order valence-electron chi connectivity index (χ0n) is 9.58. The Hall–Kier alpha value is -0.610. The fraction of sp³-hybridized carbons (Fsp3) is 0.909. The number of fused-ring (bicyclic) bond motifs is 2. The van der Waals surface area contributed by atoms with Crippen molar-refractivity contribution >= 4 is 5.97 Å². The van der Waals surface area contributed by atoms with Gasteiger partial charge in [-0.3, -0.25) is 0 Å². The van der Waals surface area contributed by atoms with Gasteiger partial charge in [0.25, 0.3) is 0 Å². The van der Waals surface area contributed by atoms with E-state index in [1.54, 1.807) is 0 Å². The van der Waals surface area contributed by atoms with Gasteiger partial charge < -0.3 is 15.2 Å². The third-order valence-electron chi connectivity index (χ3n) is 3.11. The van der Waals surface area contributed by atoms with E-state index in [0.717, 1.165) is 12.8 Å². The largest absolute Gasteiger partial charge is 0.458 e. The quantitative estimate of drug-likeness (QED) is 0.655. The van der Waals surface area contributed by atoms with Gasteiger partial charge in [-0.05, 0) is 39.5 Å². The number of hydrogen-bond acceptors (Lipinski definition) is 4. The molecule has 0 aromatic carbocycles. The first-order chi connectivity index (χ1) is 6.82. The summed E-state index contributed by atoms with van der Waals surface area (Å²) in [5, 5.41) is 0. The van der Waals surface area contributed by atoms with Gasteiger partial charge in [-0.15, -0.1) is 0 Å². The first-order valence-electron chi connectivity index (χ1n) is 5.45. The maximum Gasteiger partial charge on any atom is 0.338 e. The first-order valence-corrected chi connectivity index (χ1v) is 5.45. The Bertz CT molecular complexity index is 271. The highest BCUT2D eigenvalue weighted by atomic mass is 16.6. The van der Waals surface area contributed by atoms with Crippen LogP contribution in [-0.2, 0) is 14.3 Å². The van der Waals surface area contributed by atoms with Crippen molar-refractivity contribution in [2.75, 3.05) is 6.61 Å². The molecule has 1 aliphatic carbocycles. The highest BCUT2D eigenvalue weighted by molar-refractivity contribution is 5.81. The number of rotatable bonds is 1. The third kappa shape index (κ3) is 1.88. The van der Waals surface area contributed by atoms with Crippen molar-refractivity contribution in [1.82, 2.24) is 0 Å². The molecule has 0 aromatic rings. The van der Waals surface area contributed by atoms with Crippen LogP contribution in [0, 0.1) is 5.92 Å². The maximum atomic E-state index is 11.9. The van der Waals surface area contributed by atoms with Gasteiger partial charge >= 0.3 is 5.97 Å². The van der Waals surface area contributed by atoms with Gasteiger partial charge in [0, 0.05) is 6.04 Å². The molecule has 3 fully saturated rings. The normalized spacial score (nSPS) is 39.5. The van der Waals surface area contributed by atoms with E-state index in [4.69, 9.17) is 15.2 Å². The van der Waals surface area contributed by atoms with E-state index in [2.05, 4.69) is 0 Å². The molecule has 1 saturated carbocycles. The fourth-order valence-corrected chi connectivity index (χ4v) is 2.20. The van der Waals surface area contributed by atoms with Crippen LogP contribution in [0.25, 0.3) is 0 Å². The lowest BCUT2D eigenvalue weighted by Gasteiger charge is -2.52. The van der Waals surface area contributed by atoms with Gasteiger partial charge in [0.1, 0.15) is 5.60 Å². The topological polar surface area (TPSA) is 61.5 Å². The monoisotopic (exact) mass is 213 g/mol. The molecule has 0 spiro atoms. The summed E-state index contributed by atoms with van der Waals surface area (Å²) < 4.78 is 10.9. The molecule has 1 unspecified atom stereocenters. The van der Waals surface area contributed by atoms with Crippen molar-refractivity contribution in [2.45, 2.75) is 50.9 Å². The summed E-state index contributed by atoms with van der Waals surface area (Å²) in [5.74, 6) is 0.212. The molecule has 15 heavy (non-hydrogen) atoms. The number of esters is 1. The number of carbonyl (C=O) groups excluding carboxylic acids is 1. The Morgan fingerprint density at radius 3 is 2.47 bits per heavy atom. The van der Waals surface area contributed by atoms with Gasteiger partial charge in [-0.1, -0.05) is 0 Å². The van der Waals surface area contributed by atoms with E-state index >= 15 is 0 Å². The van der Waals surface area contributed by atoms with E-state index in [-0.39, 0.29) is 12.0 Å². The minimum atomic E-state index is -0.673. The maximum absolute atomic E-state index is 11.9. The van der Waals surface area contributed by atoms with Crippen LogP contribution in [0.3, 0.4) is 0 Å². The number of hydrogen-bond donors (Lipinski definition) is 1. The summed E-state index contributed by atoms with van der Waals surface area (Å²) in [4.78, 5) is 11.9. The van der Waals surface area contributed by atoms with Crippen molar-refractivity contribution in [2.24, 2.45) is 11.7 Å². The van der Waals surface area contributed by atoms with E-state index in [0.29, 0.717) is 12.5 Å². The minimum absolute atomic E-state index is 0.0920. The number of ether oxygens (including phenoxy) is 2. The molecule has 2 bridgehead atoms. The molecule has 0 aromatic heterocycles. The lowest BCUT2D eigenvalue weighted by molar-refractivity contribution is -0.224. The van der Waals surface area contributed by atoms with Gasteiger partial charge in [0.05, 0.1) is 6.61 Å². The SMILES string of the molecule is CC(C)(C)OC(=O)C12CC(C1)C(N)CO2. The van der Waals surface area contributed by atoms with Crippen LogP contribution in [0.1, 0.15) is 33.6 Å². The Kier molecular flexibility index (Phi) is 2.32. The van der Waals surface area contributed by atoms with Crippen molar-refractivity contribution in [1.29, 1.82) is 0 Å². The Morgan fingerprint density at radius 2 is 2.07 bits per heavy atom. The molecule has 1 atom stereocenters. The molecule has 2 aliphatic heterocycles. The molecule has 3 rings (SSSR count). The number of carbonyl (C=O) groups is 1. The van der Waals surface area contributed by atoms with E-state index in [1.165, 1.54) is 0 Å². The van der Waals surface area contributed by atoms with E-state index in [9.17, 15) is 4.79 Å². The van der Waals surface area contributed by atoms with Crippen molar-refractivity contribution in [3.05, 3.63) is 0 Å². The average molecular weight is 213 g/mol. The first kappa shape index (κ1) is 10.9. The van der Waals surface area contributed by atoms with E-state index in [1.807, 2.05) is 20.8 Å². The Labute approximate surface area is 90.1 Å². The molecule has 3 aliphatic rings. The molecule has 86 valence electrons. The van der Waals surface area contributed by atoms with Gasteiger partial charge in [0.15, 0.2) is 5.60 Å². The van der Waals surface area contributed by atoms with Crippen LogP contribution >= 0.6 is 0 Å². The van der Waals surface area contributed by atoms with Crippen LogP contribution < -0.4 is 5.73 Å². The smallest absolute Gasteiger partial charge is 0.338 e. The summed E-state index contributed by atoms with van der Waals surface area (Å²) in [5.41, 5.74) is 4.71. The summed E-state index contributed by atoms with van der Waals surface area (Å²) >= 11 is 0. The van der Waals surface area contributed by atoms with Gasteiger partial charge in [0.2, 0.25) is 0 Å². The van der Waals surface area contributed by atoms with Gasteiger partial charge in [-0.25, -0.2) is 4.79 Å². The predicted octanol–water partition coefficient (Wildman–Crippen LogP) is 0.834. The molecule has 4 heteroatoms. The molecule has 0 radical (unpaired) electrons. The second-order valence-corrected chi connectivity index (χ2v) is 5.64. The van der Waals surface area contributed by atoms with Crippen molar-refractivity contribution < 1.29 is 14.3 Å². The van der Waals surface area contributed by atoms with Crippen molar-refractivity contribution in [3.63, 3.8) is 0 Å². The highest BCUT2D eigenvalue weighted by Gasteiger charge is 2.58. The highest BCUT2D eigenvalue weighted by Crippen LogP contribution is 2.47. The second-order valence-electron chi connectivity index (χ2n) is 5.64. The molecular weight excluding hydrogens is 194 g/mol. The van der Waals surface area contributed by atoms with Crippen LogP contribution in [0.15, 0.2) is 0 Å². The number of nitrogens with two attached hydrogens (primary N) is 1. The molecule has 4 nitrogen and oxygen atoms in total. The minimum Gasteiger partial charge on any atom is -0.458 e. The van der Waals surface area contributed by atoms with Crippen LogP contribution in [0.5, 0.6) is 0 Å². The average Bonchev–Trinajstić information content (AvgIpc) is 1.98. The van der Waals surface area contributed by atoms with Crippen molar-refractivity contribution in [3.8, 4) is 0 Å². The second kappa shape index (κ2) is 3.19. The summed E-state index contributed by atoms with van der Waals surface area (Å²) in [6, 6.07) is 0.0920. The predicted molar refractivity (Wildman–Crippen MR) is 55.2 cm³/mol.